The Morgan fingerprint density at radius 1 is 1.28 bits per heavy atom. The van der Waals surface area contributed by atoms with Gasteiger partial charge in [0.1, 0.15) is 0 Å². The van der Waals surface area contributed by atoms with Crippen LogP contribution in [0.4, 0.5) is 10.5 Å². The summed E-state index contributed by atoms with van der Waals surface area (Å²) in [6, 6.07) is 8.58. The van der Waals surface area contributed by atoms with Crippen molar-refractivity contribution in [2.24, 2.45) is 5.73 Å². The van der Waals surface area contributed by atoms with Crippen molar-refractivity contribution in [2.45, 2.75) is 6.42 Å². The zero-order valence-electron chi connectivity index (χ0n) is 10.0. The Bertz CT molecular complexity index is 395. The minimum atomic E-state index is -0.942. The quantitative estimate of drug-likeness (QED) is 0.691. The fraction of sp³-hybridized carbons (Fsp3) is 0.333. The molecule has 0 saturated carbocycles. The van der Waals surface area contributed by atoms with Crippen molar-refractivity contribution in [2.75, 3.05) is 24.5 Å². The number of para-hydroxylation sites is 1. The zero-order valence-corrected chi connectivity index (χ0v) is 10.0. The Morgan fingerprint density at radius 2 is 1.94 bits per heavy atom. The predicted molar refractivity (Wildman–Crippen MR) is 68.5 cm³/mol. The maximum atomic E-state index is 11.9. The zero-order chi connectivity index (χ0) is 13.4. The van der Waals surface area contributed by atoms with E-state index in [1.807, 2.05) is 6.07 Å². The molecule has 0 aromatic heterocycles. The third-order valence-electron chi connectivity index (χ3n) is 2.28. The number of urea groups is 1. The van der Waals surface area contributed by atoms with Crippen molar-refractivity contribution < 1.29 is 14.7 Å². The number of hydrogen-bond donors (Lipinski definition) is 3. The van der Waals surface area contributed by atoms with Crippen molar-refractivity contribution in [3.8, 4) is 0 Å². The van der Waals surface area contributed by atoms with Gasteiger partial charge in [0.25, 0.3) is 0 Å². The van der Waals surface area contributed by atoms with Gasteiger partial charge in [0.2, 0.25) is 0 Å². The summed E-state index contributed by atoms with van der Waals surface area (Å²) in [5.74, 6) is -0.942. The molecule has 0 radical (unpaired) electrons. The highest BCUT2D eigenvalue weighted by Gasteiger charge is 2.15. The first-order valence-corrected chi connectivity index (χ1v) is 5.67. The van der Waals surface area contributed by atoms with E-state index in [1.54, 1.807) is 24.3 Å². The average Bonchev–Trinajstić information content (AvgIpc) is 2.37. The van der Waals surface area contributed by atoms with Gasteiger partial charge in [-0.2, -0.15) is 0 Å². The second-order valence-electron chi connectivity index (χ2n) is 3.65. The molecule has 2 amide bonds. The topological polar surface area (TPSA) is 95.7 Å². The SMILES string of the molecule is NCCNC(=O)N(CCC(=O)O)c1ccccc1. The molecule has 0 saturated heterocycles. The summed E-state index contributed by atoms with van der Waals surface area (Å²) >= 11 is 0. The van der Waals surface area contributed by atoms with Gasteiger partial charge in [-0.05, 0) is 12.1 Å². The van der Waals surface area contributed by atoms with E-state index in [4.69, 9.17) is 10.8 Å². The average molecular weight is 251 g/mol. The van der Waals surface area contributed by atoms with Gasteiger partial charge in [0.15, 0.2) is 0 Å². The van der Waals surface area contributed by atoms with Crippen LogP contribution in [0.25, 0.3) is 0 Å². The number of nitrogens with zero attached hydrogens (tertiary/aromatic N) is 1. The Hall–Kier alpha value is -2.08. The molecule has 0 aliphatic rings. The van der Waals surface area contributed by atoms with Crippen molar-refractivity contribution >= 4 is 17.7 Å². The summed E-state index contributed by atoms with van der Waals surface area (Å²) in [6.45, 7) is 0.818. The Balaban J connectivity index is 2.74. The Kier molecular flexibility index (Phi) is 5.66. The molecule has 1 rings (SSSR count). The van der Waals surface area contributed by atoms with Crippen LogP contribution in [0.1, 0.15) is 6.42 Å². The van der Waals surface area contributed by atoms with Gasteiger partial charge < -0.3 is 16.2 Å². The standard InChI is InChI=1S/C12H17N3O3/c13-7-8-14-12(18)15(9-6-11(16)17)10-4-2-1-3-5-10/h1-5H,6-9,13H2,(H,14,18)(H,16,17). The van der Waals surface area contributed by atoms with Gasteiger partial charge in [0, 0.05) is 25.3 Å². The van der Waals surface area contributed by atoms with Gasteiger partial charge in [-0.15, -0.1) is 0 Å². The number of amides is 2. The van der Waals surface area contributed by atoms with Crippen molar-refractivity contribution in [3.05, 3.63) is 30.3 Å². The number of benzene rings is 1. The van der Waals surface area contributed by atoms with Crippen LogP contribution in [0.15, 0.2) is 30.3 Å². The summed E-state index contributed by atoms with van der Waals surface area (Å²) in [5.41, 5.74) is 5.97. The molecular formula is C12H17N3O3. The maximum absolute atomic E-state index is 11.9. The van der Waals surface area contributed by atoms with Crippen molar-refractivity contribution in [1.82, 2.24) is 5.32 Å². The van der Waals surface area contributed by atoms with Crippen LogP contribution >= 0.6 is 0 Å². The molecule has 0 aliphatic carbocycles. The van der Waals surface area contributed by atoms with E-state index in [-0.39, 0.29) is 19.0 Å². The molecule has 0 unspecified atom stereocenters. The number of carbonyl (C=O) groups excluding carboxylic acids is 1. The van der Waals surface area contributed by atoms with Crippen LogP contribution in [0, 0.1) is 0 Å². The molecule has 4 N–H and O–H groups in total. The molecule has 0 fully saturated rings. The molecule has 0 bridgehead atoms. The number of nitrogens with one attached hydrogen (secondary N) is 1. The van der Waals surface area contributed by atoms with E-state index < -0.39 is 5.97 Å². The van der Waals surface area contributed by atoms with Crippen molar-refractivity contribution in [1.29, 1.82) is 0 Å². The molecule has 1 aromatic carbocycles. The molecular weight excluding hydrogens is 234 g/mol. The number of rotatable bonds is 6. The van der Waals surface area contributed by atoms with Gasteiger partial charge >= 0.3 is 12.0 Å². The van der Waals surface area contributed by atoms with E-state index in [9.17, 15) is 9.59 Å². The second-order valence-corrected chi connectivity index (χ2v) is 3.65. The Morgan fingerprint density at radius 3 is 2.50 bits per heavy atom. The number of aliphatic carboxylic acids is 1. The molecule has 6 heteroatoms. The van der Waals surface area contributed by atoms with Gasteiger partial charge in [0.05, 0.1) is 6.42 Å². The molecule has 18 heavy (non-hydrogen) atoms. The van der Waals surface area contributed by atoms with Crippen LogP contribution in [0.5, 0.6) is 0 Å². The number of carbonyl (C=O) groups is 2. The van der Waals surface area contributed by atoms with Crippen molar-refractivity contribution in [3.63, 3.8) is 0 Å². The normalized spacial score (nSPS) is 9.83. The van der Waals surface area contributed by atoms with Gasteiger partial charge in [-0.1, -0.05) is 18.2 Å². The lowest BCUT2D eigenvalue weighted by Gasteiger charge is -2.22. The van der Waals surface area contributed by atoms with E-state index in [0.717, 1.165) is 0 Å². The molecule has 98 valence electrons. The summed E-state index contributed by atoms with van der Waals surface area (Å²) in [6.07, 6.45) is -0.106. The lowest BCUT2D eigenvalue weighted by molar-refractivity contribution is -0.136. The number of hydrogen-bond acceptors (Lipinski definition) is 3. The van der Waals surface area contributed by atoms with Crippen LogP contribution in [-0.2, 0) is 4.79 Å². The smallest absolute Gasteiger partial charge is 0.321 e. The highest BCUT2D eigenvalue weighted by atomic mass is 16.4. The third-order valence-corrected chi connectivity index (χ3v) is 2.28. The fourth-order valence-corrected chi connectivity index (χ4v) is 1.44. The van der Waals surface area contributed by atoms with Crippen LogP contribution < -0.4 is 16.0 Å². The monoisotopic (exact) mass is 251 g/mol. The molecule has 0 atom stereocenters. The molecule has 1 aromatic rings. The first-order valence-electron chi connectivity index (χ1n) is 5.67. The highest BCUT2D eigenvalue weighted by Crippen LogP contribution is 2.13. The van der Waals surface area contributed by atoms with E-state index in [1.165, 1.54) is 4.90 Å². The number of carboxylic acids is 1. The van der Waals surface area contributed by atoms with Crippen LogP contribution in [0.3, 0.4) is 0 Å². The maximum Gasteiger partial charge on any atom is 0.321 e. The third kappa shape index (κ3) is 4.42. The Labute approximate surface area is 105 Å². The van der Waals surface area contributed by atoms with Gasteiger partial charge in [-0.3, -0.25) is 9.69 Å². The van der Waals surface area contributed by atoms with Gasteiger partial charge in [-0.25, -0.2) is 4.79 Å². The molecule has 0 heterocycles. The first kappa shape index (κ1) is 14.0. The lowest BCUT2D eigenvalue weighted by atomic mass is 10.3. The number of anilines is 1. The second kappa shape index (κ2) is 7.29. The summed E-state index contributed by atoms with van der Waals surface area (Å²) < 4.78 is 0. The minimum absolute atomic E-state index is 0.106. The fourth-order valence-electron chi connectivity index (χ4n) is 1.44. The minimum Gasteiger partial charge on any atom is -0.481 e. The predicted octanol–water partition coefficient (Wildman–Crippen LogP) is 0.636. The van der Waals surface area contributed by atoms with E-state index in [2.05, 4.69) is 5.32 Å². The number of carboxylic acid groups (broad SMARTS) is 1. The summed E-state index contributed by atoms with van der Waals surface area (Å²) in [5, 5.41) is 11.3. The first-order chi connectivity index (χ1) is 8.65. The summed E-state index contributed by atoms with van der Waals surface area (Å²) in [4.78, 5) is 23.9. The largest absolute Gasteiger partial charge is 0.481 e. The summed E-state index contributed by atoms with van der Waals surface area (Å²) in [7, 11) is 0. The number of nitrogens with two attached hydrogens (primary N) is 1. The molecule has 0 spiro atoms. The molecule has 6 nitrogen and oxygen atoms in total. The van der Waals surface area contributed by atoms with Crippen LogP contribution in [0.2, 0.25) is 0 Å². The highest BCUT2D eigenvalue weighted by molar-refractivity contribution is 5.92. The lowest BCUT2D eigenvalue weighted by Crippen LogP contribution is -2.43. The molecule has 0 aliphatic heterocycles. The van der Waals surface area contributed by atoms with Crippen LogP contribution in [-0.4, -0.2) is 36.7 Å². The van der Waals surface area contributed by atoms with E-state index >= 15 is 0 Å². The van der Waals surface area contributed by atoms with E-state index in [0.29, 0.717) is 18.8 Å².